The van der Waals surface area contributed by atoms with Crippen molar-refractivity contribution in [1.82, 2.24) is 5.32 Å². The average Bonchev–Trinajstić information content (AvgIpc) is 2.72. The minimum absolute atomic E-state index is 0.244. The minimum atomic E-state index is -0.244. The van der Waals surface area contributed by atoms with E-state index in [1.807, 2.05) is 0 Å². The van der Waals surface area contributed by atoms with Gasteiger partial charge in [-0.05, 0) is 49.3 Å². The Kier molecular flexibility index (Phi) is 3.65. The van der Waals surface area contributed by atoms with E-state index in [1.54, 1.807) is 12.1 Å². The van der Waals surface area contributed by atoms with E-state index in [-0.39, 0.29) is 11.6 Å². The Morgan fingerprint density at radius 2 is 1.79 bits per heavy atom. The number of carbonyl (C=O) groups is 1. The Hall–Kier alpha value is -1.22. The summed E-state index contributed by atoms with van der Waals surface area (Å²) in [6.45, 7) is 0. The molecule has 3 heteroatoms. The molecule has 2 aliphatic heterocycles. The summed E-state index contributed by atoms with van der Waals surface area (Å²) < 4.78 is 12.8. The van der Waals surface area contributed by atoms with Crippen molar-refractivity contribution < 1.29 is 9.18 Å². The van der Waals surface area contributed by atoms with Crippen LogP contribution in [0.5, 0.6) is 0 Å². The molecule has 2 bridgehead atoms. The van der Waals surface area contributed by atoms with Gasteiger partial charge in [-0.2, -0.15) is 0 Å². The van der Waals surface area contributed by atoms with Crippen LogP contribution >= 0.6 is 0 Å². The number of piperidine rings is 1. The molecule has 1 N–H and O–H groups in total. The zero-order chi connectivity index (χ0) is 13.2. The lowest BCUT2D eigenvalue weighted by Gasteiger charge is -2.28. The highest BCUT2D eigenvalue weighted by atomic mass is 19.1. The molecule has 3 rings (SSSR count). The van der Waals surface area contributed by atoms with Crippen molar-refractivity contribution >= 4 is 5.78 Å². The number of benzene rings is 1. The standard InChI is InChI=1S/C16H20FNO/c17-13-3-1-11(2-4-13)9-16(19)10-12-7-14-5-6-15(8-12)18-14/h1-4,12,14-15,18H,5-10H2. The molecular weight excluding hydrogens is 241 g/mol. The number of fused-ring (bicyclic) bond motifs is 2. The van der Waals surface area contributed by atoms with Crippen LogP contribution < -0.4 is 5.32 Å². The molecule has 2 saturated heterocycles. The van der Waals surface area contributed by atoms with Crippen molar-refractivity contribution in [3.63, 3.8) is 0 Å². The van der Waals surface area contributed by atoms with Gasteiger partial charge in [0.05, 0.1) is 0 Å². The number of Topliss-reactive ketones (excluding diaryl/α,β-unsaturated/α-hetero) is 1. The van der Waals surface area contributed by atoms with Gasteiger partial charge in [-0.1, -0.05) is 12.1 Å². The van der Waals surface area contributed by atoms with Gasteiger partial charge in [0.2, 0.25) is 0 Å². The third-order valence-electron chi connectivity index (χ3n) is 4.40. The largest absolute Gasteiger partial charge is 0.311 e. The van der Waals surface area contributed by atoms with E-state index in [9.17, 15) is 9.18 Å². The van der Waals surface area contributed by atoms with Crippen molar-refractivity contribution in [2.75, 3.05) is 0 Å². The van der Waals surface area contributed by atoms with Gasteiger partial charge >= 0.3 is 0 Å². The predicted octanol–water partition coefficient (Wildman–Crippen LogP) is 2.86. The molecular formula is C16H20FNO. The van der Waals surface area contributed by atoms with E-state index in [0.717, 1.165) is 18.4 Å². The molecule has 2 atom stereocenters. The van der Waals surface area contributed by atoms with E-state index in [2.05, 4.69) is 5.32 Å². The molecule has 0 aromatic heterocycles. The van der Waals surface area contributed by atoms with Crippen molar-refractivity contribution in [2.24, 2.45) is 5.92 Å². The molecule has 2 fully saturated rings. The Bertz CT molecular complexity index is 444. The number of halogens is 1. The fourth-order valence-corrected chi connectivity index (χ4v) is 3.57. The second-order valence-corrected chi connectivity index (χ2v) is 6.02. The molecule has 0 amide bonds. The van der Waals surface area contributed by atoms with Gasteiger partial charge in [-0.25, -0.2) is 4.39 Å². The second-order valence-electron chi connectivity index (χ2n) is 6.02. The molecule has 2 aliphatic rings. The average molecular weight is 261 g/mol. The minimum Gasteiger partial charge on any atom is -0.311 e. The third-order valence-corrected chi connectivity index (χ3v) is 4.40. The van der Waals surface area contributed by atoms with Crippen LogP contribution in [0.4, 0.5) is 4.39 Å². The molecule has 0 saturated carbocycles. The van der Waals surface area contributed by atoms with Crippen molar-refractivity contribution in [3.05, 3.63) is 35.6 Å². The van der Waals surface area contributed by atoms with Gasteiger partial charge in [0, 0.05) is 24.9 Å². The van der Waals surface area contributed by atoms with Gasteiger partial charge in [0.1, 0.15) is 11.6 Å². The summed E-state index contributed by atoms with van der Waals surface area (Å²) in [7, 11) is 0. The summed E-state index contributed by atoms with van der Waals surface area (Å²) in [5.74, 6) is 0.593. The second kappa shape index (κ2) is 5.41. The first-order chi connectivity index (χ1) is 9.19. The van der Waals surface area contributed by atoms with Crippen LogP contribution in [0.3, 0.4) is 0 Å². The van der Waals surface area contributed by atoms with E-state index in [4.69, 9.17) is 0 Å². The molecule has 0 radical (unpaired) electrons. The van der Waals surface area contributed by atoms with Gasteiger partial charge in [-0.3, -0.25) is 4.79 Å². The normalized spacial score (nSPS) is 29.4. The predicted molar refractivity (Wildman–Crippen MR) is 72.4 cm³/mol. The fourth-order valence-electron chi connectivity index (χ4n) is 3.57. The van der Waals surface area contributed by atoms with Crippen LogP contribution in [0, 0.1) is 11.7 Å². The zero-order valence-electron chi connectivity index (χ0n) is 11.1. The number of carbonyl (C=O) groups excluding carboxylic acids is 1. The number of nitrogens with one attached hydrogen (secondary N) is 1. The summed E-state index contributed by atoms with van der Waals surface area (Å²) in [6.07, 6.45) is 5.96. The van der Waals surface area contributed by atoms with Crippen LogP contribution in [0.1, 0.15) is 37.7 Å². The van der Waals surface area contributed by atoms with Gasteiger partial charge in [0.25, 0.3) is 0 Å². The molecule has 2 unspecified atom stereocenters. The Morgan fingerprint density at radius 3 is 2.42 bits per heavy atom. The molecule has 0 aliphatic carbocycles. The molecule has 1 aromatic carbocycles. The van der Waals surface area contributed by atoms with E-state index >= 15 is 0 Å². The van der Waals surface area contributed by atoms with Gasteiger partial charge in [0.15, 0.2) is 0 Å². The van der Waals surface area contributed by atoms with E-state index < -0.39 is 0 Å². The summed E-state index contributed by atoms with van der Waals surface area (Å²) in [5, 5.41) is 3.60. The van der Waals surface area contributed by atoms with Crippen LogP contribution in [0.15, 0.2) is 24.3 Å². The maximum Gasteiger partial charge on any atom is 0.137 e. The van der Waals surface area contributed by atoms with Crippen LogP contribution in [-0.2, 0) is 11.2 Å². The van der Waals surface area contributed by atoms with E-state index in [0.29, 0.717) is 30.8 Å². The maximum absolute atomic E-state index is 12.8. The molecule has 19 heavy (non-hydrogen) atoms. The smallest absolute Gasteiger partial charge is 0.137 e. The first-order valence-corrected chi connectivity index (χ1v) is 7.21. The van der Waals surface area contributed by atoms with Gasteiger partial charge in [-0.15, -0.1) is 0 Å². The topological polar surface area (TPSA) is 29.1 Å². The number of ketones is 1. The molecule has 102 valence electrons. The number of hydrogen-bond donors (Lipinski definition) is 1. The lowest BCUT2D eigenvalue weighted by molar-refractivity contribution is -0.119. The van der Waals surface area contributed by atoms with Crippen LogP contribution in [-0.4, -0.2) is 17.9 Å². The zero-order valence-corrected chi connectivity index (χ0v) is 11.1. The Labute approximate surface area is 113 Å². The highest BCUT2D eigenvalue weighted by Gasteiger charge is 2.33. The summed E-state index contributed by atoms with van der Waals surface area (Å²) in [4.78, 5) is 12.1. The lowest BCUT2D eigenvalue weighted by atomic mass is 9.87. The maximum atomic E-state index is 12.8. The monoisotopic (exact) mass is 261 g/mol. The molecule has 1 aromatic rings. The summed E-state index contributed by atoms with van der Waals surface area (Å²) in [5.41, 5.74) is 0.920. The van der Waals surface area contributed by atoms with Crippen molar-refractivity contribution in [2.45, 2.75) is 50.6 Å². The summed E-state index contributed by atoms with van der Waals surface area (Å²) in [6, 6.07) is 7.55. The highest BCUT2D eigenvalue weighted by molar-refractivity contribution is 5.81. The highest BCUT2D eigenvalue weighted by Crippen LogP contribution is 2.32. The number of rotatable bonds is 4. The first kappa shape index (κ1) is 12.8. The van der Waals surface area contributed by atoms with Crippen LogP contribution in [0.25, 0.3) is 0 Å². The lowest BCUT2D eigenvalue weighted by Crippen LogP contribution is -2.38. The van der Waals surface area contributed by atoms with Crippen LogP contribution in [0.2, 0.25) is 0 Å². The van der Waals surface area contributed by atoms with Gasteiger partial charge < -0.3 is 5.32 Å². The van der Waals surface area contributed by atoms with Crippen molar-refractivity contribution in [1.29, 1.82) is 0 Å². The SMILES string of the molecule is O=C(Cc1ccc(F)cc1)CC1CC2CCC(C1)N2. The fraction of sp³-hybridized carbons (Fsp3) is 0.562. The third kappa shape index (κ3) is 3.21. The first-order valence-electron chi connectivity index (χ1n) is 7.21. The molecule has 0 spiro atoms. The Morgan fingerprint density at radius 1 is 1.16 bits per heavy atom. The van der Waals surface area contributed by atoms with Crippen molar-refractivity contribution in [3.8, 4) is 0 Å². The molecule has 2 nitrogen and oxygen atoms in total. The quantitative estimate of drug-likeness (QED) is 0.903. The Balaban J connectivity index is 1.52. The number of hydrogen-bond acceptors (Lipinski definition) is 2. The summed E-state index contributed by atoms with van der Waals surface area (Å²) >= 11 is 0. The molecule has 2 heterocycles. The van der Waals surface area contributed by atoms with E-state index in [1.165, 1.54) is 25.0 Å².